The Bertz CT molecular complexity index is 1770. The molecule has 0 aliphatic carbocycles. The standard InChI is InChI=1S/C36H27N3/c37-39-36(32-22-17-29(18-23-32)34-24-19-27-11-7-8-14-33(27)25-34)38-35(30-12-5-2-6-13-30)31-20-15-28(16-21-31)26-9-3-1-4-10-26/h1-25H,37H2/b38-35?,39-36-. The van der Waals surface area contributed by atoms with Gasteiger partial charge in [0, 0.05) is 16.7 Å². The molecule has 0 atom stereocenters. The fraction of sp³-hybridized carbons (Fsp3) is 0. The highest BCUT2D eigenvalue weighted by Gasteiger charge is 2.12. The molecule has 39 heavy (non-hydrogen) atoms. The number of hydrazone groups is 1. The van der Waals surface area contributed by atoms with Gasteiger partial charge in [-0.15, -0.1) is 0 Å². The summed E-state index contributed by atoms with van der Waals surface area (Å²) >= 11 is 0. The molecule has 0 spiro atoms. The first kappa shape index (κ1) is 24.1. The zero-order valence-electron chi connectivity index (χ0n) is 21.4. The Kier molecular flexibility index (Phi) is 6.79. The van der Waals surface area contributed by atoms with Crippen molar-refractivity contribution in [3.05, 3.63) is 168 Å². The lowest BCUT2D eigenvalue weighted by molar-refractivity contribution is 1.23. The molecule has 6 aromatic carbocycles. The average Bonchev–Trinajstić information content (AvgIpc) is 3.02. The minimum atomic E-state index is 0.478. The number of nitrogens with two attached hydrogens (primary N) is 1. The van der Waals surface area contributed by atoms with Crippen molar-refractivity contribution >= 4 is 22.3 Å². The van der Waals surface area contributed by atoms with E-state index < -0.39 is 0 Å². The summed E-state index contributed by atoms with van der Waals surface area (Å²) in [7, 11) is 0. The quantitative estimate of drug-likeness (QED) is 0.110. The second kappa shape index (κ2) is 11.0. The first-order chi connectivity index (χ1) is 19.3. The SMILES string of the molecule is N/N=C(\N=C(c1ccccc1)c1ccc(-c2ccccc2)cc1)c1ccc(-c2ccc3ccccc3c2)cc1. The van der Waals surface area contributed by atoms with Crippen LogP contribution in [0.2, 0.25) is 0 Å². The van der Waals surface area contributed by atoms with Crippen molar-refractivity contribution in [2.75, 3.05) is 0 Å². The van der Waals surface area contributed by atoms with Gasteiger partial charge in [0.2, 0.25) is 0 Å². The molecule has 0 fully saturated rings. The van der Waals surface area contributed by atoms with Crippen LogP contribution in [-0.4, -0.2) is 11.5 Å². The number of amidine groups is 1. The summed E-state index contributed by atoms with van der Waals surface area (Å²) in [6, 6.07) is 52.1. The molecule has 0 bridgehead atoms. The molecule has 186 valence electrons. The van der Waals surface area contributed by atoms with Gasteiger partial charge in [-0.25, -0.2) is 4.99 Å². The molecular weight excluding hydrogens is 474 g/mol. The summed E-state index contributed by atoms with van der Waals surface area (Å²) in [5.74, 6) is 6.38. The number of rotatable bonds is 5. The minimum Gasteiger partial charge on any atom is -0.321 e. The van der Waals surface area contributed by atoms with Crippen LogP contribution in [0.1, 0.15) is 16.7 Å². The minimum absolute atomic E-state index is 0.478. The van der Waals surface area contributed by atoms with E-state index in [0.29, 0.717) is 5.84 Å². The van der Waals surface area contributed by atoms with Gasteiger partial charge >= 0.3 is 0 Å². The van der Waals surface area contributed by atoms with E-state index in [1.54, 1.807) is 0 Å². The highest BCUT2D eigenvalue weighted by molar-refractivity contribution is 6.19. The van der Waals surface area contributed by atoms with Crippen molar-refractivity contribution in [2.24, 2.45) is 15.9 Å². The normalized spacial score (nSPS) is 12.0. The van der Waals surface area contributed by atoms with Crippen molar-refractivity contribution in [1.29, 1.82) is 0 Å². The Morgan fingerprint density at radius 1 is 0.410 bits per heavy atom. The maximum absolute atomic E-state index is 5.90. The molecule has 0 unspecified atom stereocenters. The summed E-state index contributed by atoms with van der Waals surface area (Å²) < 4.78 is 0. The van der Waals surface area contributed by atoms with E-state index in [9.17, 15) is 0 Å². The van der Waals surface area contributed by atoms with Crippen LogP contribution < -0.4 is 5.84 Å². The lowest BCUT2D eigenvalue weighted by Gasteiger charge is -2.11. The zero-order chi connectivity index (χ0) is 26.4. The summed E-state index contributed by atoms with van der Waals surface area (Å²) in [4.78, 5) is 4.99. The second-order valence-electron chi connectivity index (χ2n) is 9.36. The Labute approximate surface area is 228 Å². The van der Waals surface area contributed by atoms with Gasteiger partial charge in [-0.1, -0.05) is 146 Å². The Morgan fingerprint density at radius 2 is 0.897 bits per heavy atom. The monoisotopic (exact) mass is 501 g/mol. The molecule has 0 aliphatic rings. The maximum Gasteiger partial charge on any atom is 0.179 e. The number of hydrogen-bond acceptors (Lipinski definition) is 2. The average molecular weight is 502 g/mol. The summed E-state index contributed by atoms with van der Waals surface area (Å²) in [5, 5.41) is 6.54. The third-order valence-electron chi connectivity index (χ3n) is 6.88. The van der Waals surface area contributed by atoms with E-state index in [4.69, 9.17) is 10.8 Å². The van der Waals surface area contributed by atoms with Crippen molar-refractivity contribution in [1.82, 2.24) is 0 Å². The third kappa shape index (κ3) is 5.25. The lowest BCUT2D eigenvalue weighted by atomic mass is 9.98. The number of fused-ring (bicyclic) bond motifs is 1. The van der Waals surface area contributed by atoms with Gasteiger partial charge in [-0.05, 0) is 39.1 Å². The Balaban J connectivity index is 1.34. The molecule has 0 radical (unpaired) electrons. The molecule has 6 rings (SSSR count). The molecule has 6 aromatic rings. The molecule has 3 nitrogen and oxygen atoms in total. The molecule has 0 saturated heterocycles. The zero-order valence-corrected chi connectivity index (χ0v) is 21.4. The van der Waals surface area contributed by atoms with Crippen molar-refractivity contribution in [3.8, 4) is 22.3 Å². The van der Waals surface area contributed by atoms with Crippen LogP contribution >= 0.6 is 0 Å². The van der Waals surface area contributed by atoms with E-state index in [0.717, 1.165) is 33.5 Å². The van der Waals surface area contributed by atoms with Crippen LogP contribution in [0.25, 0.3) is 33.0 Å². The molecular formula is C36H27N3. The predicted molar refractivity (Wildman–Crippen MR) is 164 cm³/mol. The van der Waals surface area contributed by atoms with Gasteiger partial charge in [0.15, 0.2) is 5.84 Å². The van der Waals surface area contributed by atoms with E-state index in [2.05, 4.69) is 120 Å². The lowest BCUT2D eigenvalue weighted by Crippen LogP contribution is -2.10. The van der Waals surface area contributed by atoms with Crippen molar-refractivity contribution < 1.29 is 0 Å². The van der Waals surface area contributed by atoms with Crippen molar-refractivity contribution in [3.63, 3.8) is 0 Å². The highest BCUT2D eigenvalue weighted by Crippen LogP contribution is 2.26. The molecule has 0 amide bonds. The first-order valence-corrected chi connectivity index (χ1v) is 13.0. The van der Waals surface area contributed by atoms with E-state index >= 15 is 0 Å². The maximum atomic E-state index is 5.90. The van der Waals surface area contributed by atoms with Gasteiger partial charge in [-0.3, -0.25) is 0 Å². The summed E-state index contributed by atoms with van der Waals surface area (Å²) in [5.41, 5.74) is 8.30. The molecule has 0 saturated carbocycles. The van der Waals surface area contributed by atoms with E-state index in [1.165, 1.54) is 21.9 Å². The molecule has 0 aliphatic heterocycles. The van der Waals surface area contributed by atoms with Crippen LogP contribution in [0, 0.1) is 0 Å². The van der Waals surface area contributed by atoms with Crippen molar-refractivity contribution in [2.45, 2.75) is 0 Å². The smallest absolute Gasteiger partial charge is 0.179 e. The van der Waals surface area contributed by atoms with Crippen LogP contribution in [0.15, 0.2) is 162 Å². The van der Waals surface area contributed by atoms with Gasteiger partial charge in [-0.2, -0.15) is 5.10 Å². The predicted octanol–water partition coefficient (Wildman–Crippen LogP) is 8.33. The fourth-order valence-corrected chi connectivity index (χ4v) is 4.80. The first-order valence-electron chi connectivity index (χ1n) is 13.0. The van der Waals surface area contributed by atoms with Crippen LogP contribution in [0.4, 0.5) is 0 Å². The van der Waals surface area contributed by atoms with Crippen LogP contribution in [0.5, 0.6) is 0 Å². The van der Waals surface area contributed by atoms with Gasteiger partial charge in [0.1, 0.15) is 0 Å². The summed E-state index contributed by atoms with van der Waals surface area (Å²) in [6.45, 7) is 0. The molecule has 2 N–H and O–H groups in total. The molecule has 3 heteroatoms. The second-order valence-corrected chi connectivity index (χ2v) is 9.36. The van der Waals surface area contributed by atoms with Gasteiger partial charge < -0.3 is 5.84 Å². The van der Waals surface area contributed by atoms with E-state index in [1.807, 2.05) is 36.4 Å². The molecule has 0 aromatic heterocycles. The number of nitrogens with zero attached hydrogens (tertiary/aromatic N) is 2. The Hall–Kier alpha value is -5.28. The van der Waals surface area contributed by atoms with Crippen LogP contribution in [0.3, 0.4) is 0 Å². The topological polar surface area (TPSA) is 50.7 Å². The highest BCUT2D eigenvalue weighted by atomic mass is 15.2. The number of benzene rings is 6. The fourth-order valence-electron chi connectivity index (χ4n) is 4.80. The summed E-state index contributed by atoms with van der Waals surface area (Å²) in [6.07, 6.45) is 0. The number of hydrogen-bond donors (Lipinski definition) is 1. The third-order valence-corrected chi connectivity index (χ3v) is 6.88. The van der Waals surface area contributed by atoms with Crippen LogP contribution in [-0.2, 0) is 0 Å². The number of aliphatic imine (C=N–C) groups is 1. The van der Waals surface area contributed by atoms with Gasteiger partial charge in [0.05, 0.1) is 5.71 Å². The van der Waals surface area contributed by atoms with Gasteiger partial charge in [0.25, 0.3) is 0 Å². The Morgan fingerprint density at radius 3 is 1.56 bits per heavy atom. The van der Waals surface area contributed by atoms with E-state index in [-0.39, 0.29) is 0 Å². The largest absolute Gasteiger partial charge is 0.321 e. The molecule has 0 heterocycles.